The predicted octanol–water partition coefficient (Wildman–Crippen LogP) is 4.95. The van der Waals surface area contributed by atoms with E-state index in [-0.39, 0.29) is 23.0 Å². The third kappa shape index (κ3) is 3.39. The number of halogens is 1. The highest BCUT2D eigenvalue weighted by molar-refractivity contribution is 6.32. The number of carbonyl (C=O) groups is 1. The normalized spacial score (nSPS) is 19.7. The van der Waals surface area contributed by atoms with Gasteiger partial charge in [0.25, 0.3) is 0 Å². The minimum atomic E-state index is -0.285. The number of rotatable bonds is 2. The summed E-state index contributed by atoms with van der Waals surface area (Å²) in [5.74, 6) is -0.129. The Kier molecular flexibility index (Phi) is 4.26. The van der Waals surface area contributed by atoms with Gasteiger partial charge in [-0.15, -0.1) is 0 Å². The number of carbonyl (C=O) groups excluding carboxylic acids is 1. The summed E-state index contributed by atoms with van der Waals surface area (Å²) in [6, 6.07) is 5.82. The smallest absolute Gasteiger partial charge is 0.168 e. The van der Waals surface area contributed by atoms with Gasteiger partial charge in [0.1, 0.15) is 5.76 Å². The number of aromatic nitrogens is 1. The molecule has 4 nitrogen and oxygen atoms in total. The molecule has 1 aliphatic rings. The fourth-order valence-corrected chi connectivity index (χ4v) is 3.26. The molecule has 1 unspecified atom stereocenters. The van der Waals surface area contributed by atoms with Crippen molar-refractivity contribution in [2.45, 2.75) is 45.1 Å². The summed E-state index contributed by atoms with van der Waals surface area (Å²) in [6.45, 7) is 5.84. The largest absolute Gasteiger partial charge is 0.511 e. The second-order valence-corrected chi connectivity index (χ2v) is 7.66. The number of aliphatic imine (C=N–C) groups is 1. The van der Waals surface area contributed by atoms with Crippen LogP contribution < -0.4 is 0 Å². The van der Waals surface area contributed by atoms with Gasteiger partial charge in [-0.2, -0.15) is 0 Å². The maximum Gasteiger partial charge on any atom is 0.168 e. The molecule has 2 aromatic rings. The quantitative estimate of drug-likeness (QED) is 0.757. The van der Waals surface area contributed by atoms with Gasteiger partial charge in [0.05, 0.1) is 11.1 Å². The van der Waals surface area contributed by atoms with Gasteiger partial charge >= 0.3 is 0 Å². The molecule has 1 aromatic heterocycles. The molecule has 5 heteroatoms. The molecule has 0 radical (unpaired) electrons. The summed E-state index contributed by atoms with van der Waals surface area (Å²) in [5, 5.41) is 12.0. The topological polar surface area (TPSA) is 65.5 Å². The van der Waals surface area contributed by atoms with Crippen molar-refractivity contribution in [3.8, 4) is 0 Å². The lowest BCUT2D eigenvalue weighted by Crippen LogP contribution is -2.21. The molecule has 0 saturated heterocycles. The minimum absolute atomic E-state index is 0.0897. The van der Waals surface area contributed by atoms with Gasteiger partial charge < -0.3 is 10.1 Å². The van der Waals surface area contributed by atoms with Gasteiger partial charge in [0.15, 0.2) is 5.78 Å². The Bertz CT molecular complexity index is 856. The van der Waals surface area contributed by atoms with E-state index >= 15 is 0 Å². The third-order valence-corrected chi connectivity index (χ3v) is 4.50. The molecule has 1 aliphatic carbocycles. The Balaban J connectivity index is 1.92. The lowest BCUT2D eigenvalue weighted by molar-refractivity contribution is -0.116. The fourth-order valence-electron chi connectivity index (χ4n) is 2.94. The van der Waals surface area contributed by atoms with Crippen LogP contribution in [0.2, 0.25) is 5.02 Å². The molecule has 2 N–H and O–H groups in total. The summed E-state index contributed by atoms with van der Waals surface area (Å²) in [4.78, 5) is 20.0. The van der Waals surface area contributed by atoms with Gasteiger partial charge in [0.2, 0.25) is 0 Å². The van der Waals surface area contributed by atoms with Gasteiger partial charge in [0, 0.05) is 41.2 Å². The maximum absolute atomic E-state index is 12.5. The van der Waals surface area contributed by atoms with Crippen molar-refractivity contribution in [1.29, 1.82) is 0 Å². The third-order valence-electron chi connectivity index (χ3n) is 4.17. The van der Waals surface area contributed by atoms with Crippen LogP contribution in [0.3, 0.4) is 0 Å². The first-order valence-corrected chi connectivity index (χ1v) is 8.39. The molecule has 0 spiro atoms. The van der Waals surface area contributed by atoms with Crippen LogP contribution in [0.4, 0.5) is 0 Å². The number of benzene rings is 1. The number of ketones is 1. The van der Waals surface area contributed by atoms with Crippen LogP contribution in [0.15, 0.2) is 40.7 Å². The summed E-state index contributed by atoms with van der Waals surface area (Å²) < 4.78 is 0. The average Bonchev–Trinajstić information content (AvgIpc) is 2.91. The van der Waals surface area contributed by atoms with Crippen molar-refractivity contribution in [3.05, 3.63) is 46.3 Å². The molecule has 0 saturated carbocycles. The lowest BCUT2D eigenvalue weighted by atomic mass is 9.82. The number of allylic oxidation sites excluding steroid dienone is 2. The van der Waals surface area contributed by atoms with Crippen molar-refractivity contribution in [3.63, 3.8) is 0 Å². The predicted molar refractivity (Wildman–Crippen MR) is 98.2 cm³/mol. The van der Waals surface area contributed by atoms with Crippen LogP contribution in [0, 0.1) is 0 Å². The average molecular weight is 345 g/mol. The summed E-state index contributed by atoms with van der Waals surface area (Å²) >= 11 is 6.40. The monoisotopic (exact) mass is 344 g/mol. The number of hydrogen-bond acceptors (Lipinski definition) is 3. The lowest BCUT2D eigenvalue weighted by Gasteiger charge is -2.24. The molecule has 0 fully saturated rings. The first-order chi connectivity index (χ1) is 11.2. The van der Waals surface area contributed by atoms with Crippen LogP contribution in [0.1, 0.15) is 45.1 Å². The van der Waals surface area contributed by atoms with Crippen molar-refractivity contribution >= 4 is 34.5 Å². The molecule has 1 aromatic carbocycles. The summed E-state index contributed by atoms with van der Waals surface area (Å²) in [7, 11) is 0. The zero-order valence-corrected chi connectivity index (χ0v) is 14.8. The maximum atomic E-state index is 12.5. The minimum Gasteiger partial charge on any atom is -0.511 e. The van der Waals surface area contributed by atoms with Crippen molar-refractivity contribution in [2.75, 3.05) is 0 Å². The standard InChI is InChI=1S/C19H21ClN2O2/c1-19(2,3)22-10-14-17(23)7-12(8-18(14)24)13-9-16-11(4-5-21-16)6-15(13)20/h4-6,9-10,12,21,23H,7-8H2,1-3H3. The Labute approximate surface area is 146 Å². The Morgan fingerprint density at radius 2 is 2.08 bits per heavy atom. The van der Waals surface area contributed by atoms with Crippen molar-refractivity contribution in [1.82, 2.24) is 4.98 Å². The van der Waals surface area contributed by atoms with Gasteiger partial charge in [-0.3, -0.25) is 9.79 Å². The SMILES string of the molecule is CC(C)(C)N=CC1=C(O)CC(c2cc3[nH]ccc3cc2Cl)CC1=O. The van der Waals surface area contributed by atoms with Crippen LogP contribution in [-0.4, -0.2) is 27.6 Å². The number of nitrogens with zero attached hydrogens (tertiary/aromatic N) is 1. The Hall–Kier alpha value is -2.07. The van der Waals surface area contributed by atoms with E-state index in [9.17, 15) is 9.90 Å². The highest BCUT2D eigenvalue weighted by Gasteiger charge is 2.29. The number of nitrogens with one attached hydrogen (secondary N) is 1. The van der Waals surface area contributed by atoms with E-state index < -0.39 is 0 Å². The first-order valence-electron chi connectivity index (χ1n) is 8.01. The molecule has 1 heterocycles. The highest BCUT2D eigenvalue weighted by atomic mass is 35.5. The molecule has 3 rings (SSSR count). The summed E-state index contributed by atoms with van der Waals surface area (Å²) in [5.41, 5.74) is 1.90. The van der Waals surface area contributed by atoms with Crippen molar-refractivity contribution < 1.29 is 9.90 Å². The Morgan fingerprint density at radius 1 is 1.33 bits per heavy atom. The molecule has 1 atom stereocenters. The number of H-pyrrole nitrogens is 1. The number of hydrogen-bond donors (Lipinski definition) is 2. The molecular weight excluding hydrogens is 324 g/mol. The van der Waals surface area contributed by atoms with E-state index in [0.717, 1.165) is 16.5 Å². The van der Waals surface area contributed by atoms with Crippen LogP contribution in [-0.2, 0) is 4.79 Å². The molecule has 126 valence electrons. The number of aromatic amines is 1. The first kappa shape index (κ1) is 16.8. The van der Waals surface area contributed by atoms with E-state index in [1.807, 2.05) is 45.2 Å². The zero-order valence-electron chi connectivity index (χ0n) is 14.1. The molecule has 0 amide bonds. The van der Waals surface area contributed by atoms with Crippen LogP contribution >= 0.6 is 11.6 Å². The summed E-state index contributed by atoms with van der Waals surface area (Å²) in [6.07, 6.45) is 4.07. The molecule has 0 aliphatic heterocycles. The van der Waals surface area contributed by atoms with E-state index in [4.69, 9.17) is 11.6 Å². The molecule has 24 heavy (non-hydrogen) atoms. The van der Waals surface area contributed by atoms with Gasteiger partial charge in [-0.1, -0.05) is 11.6 Å². The van der Waals surface area contributed by atoms with Gasteiger partial charge in [-0.05, 0) is 50.5 Å². The van der Waals surface area contributed by atoms with Crippen LogP contribution in [0.25, 0.3) is 10.9 Å². The van der Waals surface area contributed by atoms with E-state index in [2.05, 4.69) is 9.98 Å². The zero-order chi connectivity index (χ0) is 17.5. The number of Topliss-reactive ketones (excluding diaryl/α,β-unsaturated/α-hetero) is 1. The number of aliphatic hydroxyl groups is 1. The number of aliphatic hydroxyl groups excluding tert-OH is 1. The molecule has 0 bridgehead atoms. The second-order valence-electron chi connectivity index (χ2n) is 7.26. The van der Waals surface area contributed by atoms with Crippen molar-refractivity contribution in [2.24, 2.45) is 4.99 Å². The Morgan fingerprint density at radius 3 is 2.75 bits per heavy atom. The van der Waals surface area contributed by atoms with E-state index in [0.29, 0.717) is 23.4 Å². The second kappa shape index (κ2) is 6.10. The fraction of sp³-hybridized carbons (Fsp3) is 0.368. The van der Waals surface area contributed by atoms with Gasteiger partial charge in [-0.25, -0.2) is 0 Å². The molecular formula is C19H21ClN2O2. The van der Waals surface area contributed by atoms with E-state index in [1.165, 1.54) is 6.21 Å². The van der Waals surface area contributed by atoms with E-state index in [1.54, 1.807) is 0 Å². The number of fused-ring (bicyclic) bond motifs is 1. The van der Waals surface area contributed by atoms with Crippen LogP contribution in [0.5, 0.6) is 0 Å². The highest BCUT2D eigenvalue weighted by Crippen LogP contribution is 2.38.